The van der Waals surface area contributed by atoms with Crippen LogP contribution in [0, 0.1) is 0 Å². The van der Waals surface area contributed by atoms with E-state index in [2.05, 4.69) is 5.43 Å². The number of thioether (sulfide) groups is 1. The molecule has 1 heterocycles. The minimum absolute atomic E-state index is 0.0332. The van der Waals surface area contributed by atoms with E-state index in [9.17, 15) is 14.7 Å². The molecule has 2 aromatic rings. The molecule has 1 aliphatic rings. The predicted molar refractivity (Wildman–Crippen MR) is 111 cm³/mol. The number of aromatic hydroxyl groups is 1. The van der Waals surface area contributed by atoms with Crippen LogP contribution in [-0.2, 0) is 4.79 Å². The highest BCUT2D eigenvalue weighted by Crippen LogP contribution is 2.31. The van der Waals surface area contributed by atoms with Crippen molar-refractivity contribution in [2.75, 3.05) is 19.0 Å². The number of hydrogen-bond acceptors (Lipinski definition) is 6. The summed E-state index contributed by atoms with van der Waals surface area (Å²) in [4.78, 5) is 27.3. The number of carbonyl (C=O) groups is 2. The summed E-state index contributed by atoms with van der Waals surface area (Å²) in [6.07, 6.45) is 1.74. The third kappa shape index (κ3) is 4.29. The third-order valence-electron chi connectivity index (χ3n) is 3.82. The molecule has 138 valence electrons. The van der Waals surface area contributed by atoms with Gasteiger partial charge in [0.15, 0.2) is 4.32 Å². The number of amides is 2. The molecule has 27 heavy (non-hydrogen) atoms. The molecule has 2 amide bonds. The number of phenols is 1. The van der Waals surface area contributed by atoms with Crippen LogP contribution in [0.1, 0.15) is 15.9 Å². The average Bonchev–Trinajstić information content (AvgIpc) is 2.89. The van der Waals surface area contributed by atoms with Crippen molar-refractivity contribution in [3.63, 3.8) is 0 Å². The topological polar surface area (TPSA) is 72.9 Å². The van der Waals surface area contributed by atoms with Gasteiger partial charge in [0.05, 0.1) is 4.91 Å². The summed E-state index contributed by atoms with van der Waals surface area (Å²) >= 11 is 6.34. The van der Waals surface area contributed by atoms with Gasteiger partial charge in [0, 0.05) is 25.3 Å². The lowest BCUT2D eigenvalue weighted by molar-refractivity contribution is -0.123. The number of nitrogens with zero attached hydrogens (tertiary/aromatic N) is 2. The van der Waals surface area contributed by atoms with Gasteiger partial charge in [0.1, 0.15) is 5.75 Å². The summed E-state index contributed by atoms with van der Waals surface area (Å²) in [5.41, 5.74) is 4.63. The third-order valence-corrected chi connectivity index (χ3v) is 5.12. The molecule has 8 heteroatoms. The van der Waals surface area contributed by atoms with Gasteiger partial charge in [-0.2, -0.15) is 5.01 Å². The number of anilines is 1. The van der Waals surface area contributed by atoms with Crippen LogP contribution in [0.4, 0.5) is 5.69 Å². The molecule has 0 aromatic heterocycles. The first-order chi connectivity index (χ1) is 12.8. The molecule has 0 atom stereocenters. The molecule has 0 bridgehead atoms. The highest BCUT2D eigenvalue weighted by molar-refractivity contribution is 8.26. The summed E-state index contributed by atoms with van der Waals surface area (Å²) in [6, 6.07) is 13.6. The number of carbonyl (C=O) groups excluding carboxylic acids is 2. The largest absolute Gasteiger partial charge is 0.508 e. The van der Waals surface area contributed by atoms with E-state index in [1.54, 1.807) is 12.1 Å². The summed E-state index contributed by atoms with van der Waals surface area (Å²) in [5, 5.41) is 10.5. The summed E-state index contributed by atoms with van der Waals surface area (Å²) < 4.78 is 0.240. The molecule has 1 fully saturated rings. The quantitative estimate of drug-likeness (QED) is 0.608. The zero-order valence-corrected chi connectivity index (χ0v) is 16.3. The Morgan fingerprint density at radius 2 is 1.93 bits per heavy atom. The van der Waals surface area contributed by atoms with Crippen LogP contribution in [0.15, 0.2) is 53.4 Å². The highest BCUT2D eigenvalue weighted by atomic mass is 32.2. The summed E-state index contributed by atoms with van der Waals surface area (Å²) in [7, 11) is 3.91. The van der Waals surface area contributed by atoms with E-state index in [1.165, 1.54) is 18.2 Å². The second-order valence-electron chi connectivity index (χ2n) is 5.99. The van der Waals surface area contributed by atoms with E-state index < -0.39 is 11.8 Å². The number of thiocarbonyl (C=S) groups is 1. The lowest BCUT2D eigenvalue weighted by Crippen LogP contribution is -2.44. The van der Waals surface area contributed by atoms with Crippen molar-refractivity contribution in [2.45, 2.75) is 0 Å². The molecular formula is C19H17N3O3S2. The van der Waals surface area contributed by atoms with Crippen molar-refractivity contribution in [1.29, 1.82) is 0 Å². The van der Waals surface area contributed by atoms with Gasteiger partial charge in [-0.05, 0) is 54.2 Å². The molecule has 0 aliphatic carbocycles. The number of nitrogens with one attached hydrogen (secondary N) is 1. The molecule has 2 aromatic carbocycles. The maximum atomic E-state index is 12.6. The second-order valence-corrected chi connectivity index (χ2v) is 7.67. The fourth-order valence-electron chi connectivity index (χ4n) is 2.40. The SMILES string of the molecule is CN(C)c1ccc(/C=C2\SC(=S)N(NC(=O)c3cccc(O)c3)C2=O)cc1. The van der Waals surface area contributed by atoms with Gasteiger partial charge in [0.2, 0.25) is 0 Å². The van der Waals surface area contributed by atoms with Gasteiger partial charge >= 0.3 is 0 Å². The van der Waals surface area contributed by atoms with Crippen molar-refractivity contribution >= 4 is 51.9 Å². The molecule has 0 spiro atoms. The van der Waals surface area contributed by atoms with Gasteiger partial charge < -0.3 is 10.0 Å². The van der Waals surface area contributed by atoms with Gasteiger partial charge in [-0.3, -0.25) is 15.0 Å². The van der Waals surface area contributed by atoms with Crippen LogP contribution >= 0.6 is 24.0 Å². The maximum Gasteiger partial charge on any atom is 0.285 e. The first-order valence-electron chi connectivity index (χ1n) is 8.00. The normalized spacial score (nSPS) is 15.3. The molecule has 0 saturated carbocycles. The van der Waals surface area contributed by atoms with E-state index in [1.807, 2.05) is 43.3 Å². The monoisotopic (exact) mass is 399 g/mol. The van der Waals surface area contributed by atoms with Crippen molar-refractivity contribution in [3.05, 3.63) is 64.6 Å². The Bertz CT molecular complexity index is 939. The van der Waals surface area contributed by atoms with Crippen molar-refractivity contribution in [1.82, 2.24) is 10.4 Å². The van der Waals surface area contributed by atoms with Crippen molar-refractivity contribution < 1.29 is 14.7 Å². The molecule has 2 N–H and O–H groups in total. The number of phenolic OH excluding ortho intramolecular Hbond substituents is 1. The zero-order chi connectivity index (χ0) is 19.6. The molecule has 3 rings (SSSR count). The van der Waals surface area contributed by atoms with Crippen LogP contribution in [0.3, 0.4) is 0 Å². The van der Waals surface area contributed by atoms with Crippen LogP contribution in [0.5, 0.6) is 5.75 Å². The molecule has 0 radical (unpaired) electrons. The molecular weight excluding hydrogens is 382 g/mol. The Kier molecular flexibility index (Phi) is 5.48. The lowest BCUT2D eigenvalue weighted by atomic mass is 10.2. The first kappa shape index (κ1) is 18.9. The minimum atomic E-state index is -0.529. The number of hydrogen-bond donors (Lipinski definition) is 2. The number of hydrazine groups is 1. The second kappa shape index (κ2) is 7.81. The van der Waals surface area contributed by atoms with Gasteiger partial charge in [-0.25, -0.2) is 0 Å². The van der Waals surface area contributed by atoms with Crippen LogP contribution < -0.4 is 10.3 Å². The molecule has 1 saturated heterocycles. The minimum Gasteiger partial charge on any atom is -0.508 e. The van der Waals surface area contributed by atoms with E-state index in [4.69, 9.17) is 12.2 Å². The van der Waals surface area contributed by atoms with E-state index in [0.29, 0.717) is 4.91 Å². The molecule has 0 unspecified atom stereocenters. The van der Waals surface area contributed by atoms with Crippen molar-refractivity contribution in [2.24, 2.45) is 0 Å². The summed E-state index contributed by atoms with van der Waals surface area (Å²) in [5.74, 6) is -0.955. The zero-order valence-electron chi connectivity index (χ0n) is 14.7. The Morgan fingerprint density at radius 3 is 2.56 bits per heavy atom. The van der Waals surface area contributed by atoms with Gasteiger partial charge in [-0.1, -0.05) is 30.0 Å². The fourth-order valence-corrected chi connectivity index (χ4v) is 3.58. The van der Waals surface area contributed by atoms with Gasteiger partial charge in [0.25, 0.3) is 11.8 Å². The Labute approximate surface area is 166 Å². The summed E-state index contributed by atoms with van der Waals surface area (Å²) in [6.45, 7) is 0. The lowest BCUT2D eigenvalue weighted by Gasteiger charge is -2.15. The van der Waals surface area contributed by atoms with Crippen molar-refractivity contribution in [3.8, 4) is 5.75 Å². The van der Waals surface area contributed by atoms with Crippen LogP contribution in [0.2, 0.25) is 0 Å². The first-order valence-corrected chi connectivity index (χ1v) is 9.23. The number of benzene rings is 2. The predicted octanol–water partition coefficient (Wildman–Crippen LogP) is 3.00. The molecule has 6 nitrogen and oxygen atoms in total. The van der Waals surface area contributed by atoms with E-state index in [0.717, 1.165) is 28.0 Å². The standard InChI is InChI=1S/C19H17N3O3S2/c1-21(2)14-8-6-12(7-9-14)10-16-18(25)22(19(26)27-16)20-17(24)13-4-3-5-15(23)11-13/h3-11,23H,1-2H3,(H,20,24)/b16-10-. The number of rotatable bonds is 4. The van der Waals surface area contributed by atoms with E-state index >= 15 is 0 Å². The average molecular weight is 399 g/mol. The fraction of sp³-hybridized carbons (Fsp3) is 0.105. The smallest absolute Gasteiger partial charge is 0.285 e. The van der Waals surface area contributed by atoms with Gasteiger partial charge in [-0.15, -0.1) is 0 Å². The highest BCUT2D eigenvalue weighted by Gasteiger charge is 2.33. The van der Waals surface area contributed by atoms with Crippen LogP contribution in [0.25, 0.3) is 6.08 Å². The van der Waals surface area contributed by atoms with Crippen LogP contribution in [-0.4, -0.2) is 40.3 Å². The van der Waals surface area contributed by atoms with E-state index in [-0.39, 0.29) is 15.6 Å². The Hall–Kier alpha value is -2.84. The maximum absolute atomic E-state index is 12.6. The Balaban J connectivity index is 1.75. The molecule has 1 aliphatic heterocycles. The Morgan fingerprint density at radius 1 is 1.22 bits per heavy atom.